The van der Waals surface area contributed by atoms with Crippen molar-refractivity contribution in [3.63, 3.8) is 0 Å². The molecule has 1 saturated carbocycles. The summed E-state index contributed by atoms with van der Waals surface area (Å²) in [5, 5.41) is 3.74. The van der Waals surface area contributed by atoms with Crippen molar-refractivity contribution in [3.05, 3.63) is 0 Å². The first kappa shape index (κ1) is 16.0. The molecule has 18 heavy (non-hydrogen) atoms. The quantitative estimate of drug-likeness (QED) is 0.510. The third-order valence-electron chi connectivity index (χ3n) is 4.39. The molecule has 1 aliphatic carbocycles. The summed E-state index contributed by atoms with van der Waals surface area (Å²) in [5.41, 5.74) is 0.278. The Balaban J connectivity index is 2.41. The van der Waals surface area contributed by atoms with Gasteiger partial charge in [-0.15, -0.1) is 0 Å². The molecule has 1 nitrogen and oxygen atoms in total. The molecule has 1 fully saturated rings. The molecule has 0 heterocycles. The molecule has 0 aliphatic heterocycles. The first-order valence-electron chi connectivity index (χ1n) is 8.28. The lowest BCUT2D eigenvalue weighted by Gasteiger charge is -2.30. The summed E-state index contributed by atoms with van der Waals surface area (Å²) in [6.45, 7) is 10.4. The molecule has 1 aliphatic rings. The van der Waals surface area contributed by atoms with E-state index in [-0.39, 0.29) is 5.54 Å². The van der Waals surface area contributed by atoms with Gasteiger partial charge in [0.2, 0.25) is 0 Å². The number of hydrogen-bond donors (Lipinski definition) is 1. The molecule has 0 amide bonds. The van der Waals surface area contributed by atoms with Gasteiger partial charge in [-0.2, -0.15) is 0 Å². The molecular weight excluding hydrogens is 218 g/mol. The Morgan fingerprint density at radius 1 is 0.944 bits per heavy atom. The lowest BCUT2D eigenvalue weighted by molar-refractivity contribution is 0.254. The van der Waals surface area contributed by atoms with Crippen molar-refractivity contribution in [2.45, 2.75) is 91.0 Å². The normalized spacial score (nSPS) is 26.0. The van der Waals surface area contributed by atoms with Gasteiger partial charge < -0.3 is 5.32 Å². The van der Waals surface area contributed by atoms with Crippen LogP contribution in [-0.2, 0) is 0 Å². The van der Waals surface area contributed by atoms with Crippen molar-refractivity contribution >= 4 is 0 Å². The summed E-state index contributed by atoms with van der Waals surface area (Å²) < 4.78 is 0. The average molecular weight is 253 g/mol. The predicted molar refractivity (Wildman–Crippen MR) is 82.0 cm³/mol. The van der Waals surface area contributed by atoms with Crippen LogP contribution in [0.4, 0.5) is 0 Å². The van der Waals surface area contributed by atoms with Crippen molar-refractivity contribution in [1.29, 1.82) is 0 Å². The van der Waals surface area contributed by atoms with Crippen molar-refractivity contribution < 1.29 is 0 Å². The van der Waals surface area contributed by atoms with E-state index < -0.39 is 0 Å². The first-order chi connectivity index (χ1) is 8.53. The molecule has 0 saturated heterocycles. The summed E-state index contributed by atoms with van der Waals surface area (Å²) in [4.78, 5) is 0. The van der Waals surface area contributed by atoms with Crippen LogP contribution >= 0.6 is 0 Å². The zero-order valence-corrected chi connectivity index (χ0v) is 13.2. The maximum Gasteiger partial charge on any atom is 0.00966 e. The molecule has 0 aromatic rings. The van der Waals surface area contributed by atoms with Gasteiger partial charge in [-0.25, -0.2) is 0 Å². The Bertz CT molecular complexity index is 204. The van der Waals surface area contributed by atoms with Gasteiger partial charge in [0.25, 0.3) is 0 Å². The zero-order valence-electron chi connectivity index (χ0n) is 13.2. The monoisotopic (exact) mass is 253 g/mol. The molecule has 1 rings (SSSR count). The minimum absolute atomic E-state index is 0.278. The number of unbranched alkanes of at least 4 members (excludes halogenated alkanes) is 2. The summed E-state index contributed by atoms with van der Waals surface area (Å²) >= 11 is 0. The highest BCUT2D eigenvalue weighted by atomic mass is 14.9. The lowest BCUT2D eigenvalue weighted by Crippen LogP contribution is -2.40. The van der Waals surface area contributed by atoms with E-state index in [4.69, 9.17) is 0 Å². The molecule has 108 valence electrons. The van der Waals surface area contributed by atoms with Crippen molar-refractivity contribution in [2.24, 2.45) is 11.8 Å². The Kier molecular flexibility index (Phi) is 7.29. The molecule has 2 atom stereocenters. The van der Waals surface area contributed by atoms with E-state index in [2.05, 4.69) is 33.0 Å². The highest BCUT2D eigenvalue weighted by Gasteiger charge is 2.24. The smallest absolute Gasteiger partial charge is 0.00966 e. The third kappa shape index (κ3) is 6.78. The largest absolute Gasteiger partial charge is 0.312 e. The first-order valence-corrected chi connectivity index (χ1v) is 8.28. The standard InChI is InChI=1S/C17H35N/c1-5-6-8-11-15-12-9-7-10-13-16(15)14-18-17(2,3)4/h15-16,18H,5-14H2,1-4H3. The Labute approximate surface area is 115 Å². The molecule has 1 heteroatoms. The third-order valence-corrected chi connectivity index (χ3v) is 4.39. The highest BCUT2D eigenvalue weighted by molar-refractivity contribution is 4.79. The zero-order chi connectivity index (χ0) is 13.4. The molecule has 0 aromatic heterocycles. The van der Waals surface area contributed by atoms with Crippen molar-refractivity contribution in [3.8, 4) is 0 Å². The summed E-state index contributed by atoms with van der Waals surface area (Å²) in [5.74, 6) is 1.93. The molecule has 2 unspecified atom stereocenters. The van der Waals surface area contributed by atoms with Gasteiger partial charge in [-0.3, -0.25) is 0 Å². The van der Waals surface area contributed by atoms with Crippen LogP contribution < -0.4 is 5.32 Å². The van der Waals surface area contributed by atoms with Crippen LogP contribution in [0.25, 0.3) is 0 Å². The maximum atomic E-state index is 3.74. The Hall–Kier alpha value is -0.0400. The van der Waals surface area contributed by atoms with E-state index in [9.17, 15) is 0 Å². The van der Waals surface area contributed by atoms with Gasteiger partial charge >= 0.3 is 0 Å². The second-order valence-electron chi connectivity index (χ2n) is 7.28. The predicted octanol–water partition coefficient (Wildman–Crippen LogP) is 5.15. The fraction of sp³-hybridized carbons (Fsp3) is 1.00. The van der Waals surface area contributed by atoms with Gasteiger partial charge in [0.05, 0.1) is 0 Å². The van der Waals surface area contributed by atoms with Crippen LogP contribution in [0.5, 0.6) is 0 Å². The van der Waals surface area contributed by atoms with E-state index in [0.717, 1.165) is 11.8 Å². The molecule has 0 bridgehead atoms. The topological polar surface area (TPSA) is 12.0 Å². The molecule has 0 aromatic carbocycles. The molecule has 0 spiro atoms. The van der Waals surface area contributed by atoms with Crippen LogP contribution in [0.15, 0.2) is 0 Å². The van der Waals surface area contributed by atoms with Crippen molar-refractivity contribution in [1.82, 2.24) is 5.32 Å². The fourth-order valence-electron chi connectivity index (χ4n) is 3.20. The number of nitrogens with one attached hydrogen (secondary N) is 1. The fourth-order valence-corrected chi connectivity index (χ4v) is 3.20. The van der Waals surface area contributed by atoms with Crippen LogP contribution in [0, 0.1) is 11.8 Å². The van der Waals surface area contributed by atoms with Crippen LogP contribution in [-0.4, -0.2) is 12.1 Å². The average Bonchev–Trinajstić information content (AvgIpc) is 2.51. The van der Waals surface area contributed by atoms with E-state index in [1.54, 1.807) is 0 Å². The van der Waals surface area contributed by atoms with Gasteiger partial charge in [0.1, 0.15) is 0 Å². The van der Waals surface area contributed by atoms with E-state index >= 15 is 0 Å². The van der Waals surface area contributed by atoms with Crippen LogP contribution in [0.1, 0.15) is 85.5 Å². The second kappa shape index (κ2) is 8.19. The van der Waals surface area contributed by atoms with Gasteiger partial charge in [-0.1, -0.05) is 58.3 Å². The minimum Gasteiger partial charge on any atom is -0.312 e. The summed E-state index contributed by atoms with van der Waals surface area (Å²) in [6.07, 6.45) is 13.1. The van der Waals surface area contributed by atoms with Gasteiger partial charge in [-0.05, 0) is 45.6 Å². The molecule has 1 N–H and O–H groups in total. The Morgan fingerprint density at radius 2 is 1.61 bits per heavy atom. The number of hydrogen-bond acceptors (Lipinski definition) is 1. The van der Waals surface area contributed by atoms with E-state index in [1.165, 1.54) is 64.3 Å². The number of rotatable bonds is 6. The summed E-state index contributed by atoms with van der Waals surface area (Å²) in [6, 6.07) is 0. The van der Waals surface area contributed by atoms with Crippen LogP contribution in [0.3, 0.4) is 0 Å². The van der Waals surface area contributed by atoms with Gasteiger partial charge in [0, 0.05) is 5.54 Å². The summed E-state index contributed by atoms with van der Waals surface area (Å²) in [7, 11) is 0. The minimum atomic E-state index is 0.278. The van der Waals surface area contributed by atoms with E-state index in [0.29, 0.717) is 0 Å². The highest BCUT2D eigenvalue weighted by Crippen LogP contribution is 2.32. The van der Waals surface area contributed by atoms with Crippen molar-refractivity contribution in [2.75, 3.05) is 6.54 Å². The Morgan fingerprint density at radius 3 is 2.22 bits per heavy atom. The second-order valence-corrected chi connectivity index (χ2v) is 7.28. The van der Waals surface area contributed by atoms with Gasteiger partial charge in [0.15, 0.2) is 0 Å². The lowest BCUT2D eigenvalue weighted by atomic mass is 9.83. The maximum absolute atomic E-state index is 3.74. The molecule has 0 radical (unpaired) electrons. The van der Waals surface area contributed by atoms with E-state index in [1.807, 2.05) is 0 Å². The SMILES string of the molecule is CCCCCC1CCCCCC1CNC(C)(C)C. The van der Waals surface area contributed by atoms with Crippen LogP contribution in [0.2, 0.25) is 0 Å². The molecular formula is C17H35N.